The quantitative estimate of drug-likeness (QED) is 0.781. The van der Waals surface area contributed by atoms with E-state index in [0.29, 0.717) is 5.56 Å². The molecule has 0 aliphatic carbocycles. The lowest BCUT2D eigenvalue weighted by molar-refractivity contribution is 0.577. The number of rotatable bonds is 3. The fourth-order valence-corrected chi connectivity index (χ4v) is 3.86. The average molecular weight is 353 g/mol. The van der Waals surface area contributed by atoms with Gasteiger partial charge in [-0.1, -0.05) is 6.07 Å². The molecule has 0 radical (unpaired) electrons. The molecule has 1 heterocycles. The zero-order valence-corrected chi connectivity index (χ0v) is 13.1. The highest BCUT2D eigenvalue weighted by atomic mass is 79.9. The lowest BCUT2D eigenvalue weighted by Crippen LogP contribution is -2.29. The smallest absolute Gasteiger partial charge is 0.236 e. The summed E-state index contributed by atoms with van der Waals surface area (Å²) in [5.41, 5.74) is 1.84. The van der Waals surface area contributed by atoms with E-state index in [0.717, 1.165) is 23.2 Å². The van der Waals surface area contributed by atoms with Crippen LogP contribution in [0.4, 0.5) is 5.69 Å². The maximum atomic E-state index is 11.0. The van der Waals surface area contributed by atoms with E-state index in [4.69, 9.17) is 10.7 Å². The van der Waals surface area contributed by atoms with E-state index >= 15 is 0 Å². The Labute approximate surface area is 121 Å². The molecule has 0 atom stereocenters. The Morgan fingerprint density at radius 1 is 1.22 bits per heavy atom. The van der Waals surface area contributed by atoms with Gasteiger partial charge in [0.25, 0.3) is 0 Å². The second-order valence-corrected chi connectivity index (χ2v) is 8.15. The molecule has 100 valence electrons. The molecule has 1 aromatic carbocycles. The van der Waals surface area contributed by atoms with Crippen LogP contribution in [0.15, 0.2) is 22.7 Å². The van der Waals surface area contributed by atoms with Gasteiger partial charge in [0.2, 0.25) is 9.05 Å². The Morgan fingerprint density at radius 2 is 1.89 bits per heavy atom. The normalized spacial score (nSPS) is 16.9. The molecule has 1 saturated heterocycles. The highest BCUT2D eigenvalue weighted by Gasteiger charge is 2.15. The predicted octanol–water partition coefficient (Wildman–Crippen LogP) is 3.51. The van der Waals surface area contributed by atoms with Crippen molar-refractivity contribution in [1.29, 1.82) is 0 Å². The first-order chi connectivity index (χ1) is 8.46. The fourth-order valence-electron chi connectivity index (χ4n) is 2.23. The topological polar surface area (TPSA) is 37.4 Å². The Kier molecular flexibility index (Phi) is 4.56. The minimum absolute atomic E-state index is 0.132. The molecule has 2 rings (SSSR count). The number of hydrogen-bond donors (Lipinski definition) is 0. The molecule has 0 bridgehead atoms. The highest BCUT2D eigenvalue weighted by Crippen LogP contribution is 2.30. The van der Waals surface area contributed by atoms with Crippen LogP contribution in [0.5, 0.6) is 0 Å². The molecule has 0 aromatic heterocycles. The van der Waals surface area contributed by atoms with Crippen LogP contribution in [-0.2, 0) is 14.8 Å². The Morgan fingerprint density at radius 3 is 2.44 bits per heavy atom. The van der Waals surface area contributed by atoms with Crippen LogP contribution in [0.1, 0.15) is 24.8 Å². The van der Waals surface area contributed by atoms with Crippen LogP contribution < -0.4 is 4.90 Å². The molecule has 6 heteroatoms. The van der Waals surface area contributed by atoms with E-state index in [-0.39, 0.29) is 5.75 Å². The molecule has 1 aliphatic heterocycles. The summed E-state index contributed by atoms with van der Waals surface area (Å²) in [6.07, 6.45) is 3.71. The van der Waals surface area contributed by atoms with Crippen molar-refractivity contribution in [3.8, 4) is 0 Å². The third-order valence-corrected chi connectivity index (χ3v) is 4.69. The van der Waals surface area contributed by atoms with Crippen LogP contribution in [0.25, 0.3) is 0 Å². The molecule has 3 nitrogen and oxygen atoms in total. The Balaban J connectivity index is 2.19. The minimum atomic E-state index is -3.49. The van der Waals surface area contributed by atoms with Gasteiger partial charge in [-0.2, -0.15) is 0 Å². The molecule has 1 aliphatic rings. The van der Waals surface area contributed by atoms with Crippen molar-refractivity contribution < 1.29 is 8.42 Å². The van der Waals surface area contributed by atoms with Gasteiger partial charge in [-0.15, -0.1) is 0 Å². The van der Waals surface area contributed by atoms with Crippen LogP contribution in [0.2, 0.25) is 0 Å². The van der Waals surface area contributed by atoms with Gasteiger partial charge in [0, 0.05) is 28.2 Å². The molecule has 0 spiro atoms. The third kappa shape index (κ3) is 3.87. The number of nitrogens with zero attached hydrogens (tertiary/aromatic N) is 1. The van der Waals surface area contributed by atoms with Crippen molar-refractivity contribution in [3.63, 3.8) is 0 Å². The lowest BCUT2D eigenvalue weighted by Gasteiger charge is -2.29. The van der Waals surface area contributed by atoms with Crippen LogP contribution in [0.3, 0.4) is 0 Å². The summed E-state index contributed by atoms with van der Waals surface area (Å²) in [6, 6.07) is 5.63. The van der Waals surface area contributed by atoms with Crippen LogP contribution in [-0.4, -0.2) is 21.5 Å². The summed E-state index contributed by atoms with van der Waals surface area (Å²) in [4.78, 5) is 2.33. The second-order valence-electron chi connectivity index (χ2n) is 4.52. The maximum absolute atomic E-state index is 11.0. The van der Waals surface area contributed by atoms with E-state index in [9.17, 15) is 8.42 Å². The first kappa shape index (κ1) is 14.2. The van der Waals surface area contributed by atoms with Crippen molar-refractivity contribution >= 4 is 41.4 Å². The van der Waals surface area contributed by atoms with E-state index in [1.165, 1.54) is 19.3 Å². The Hall–Kier alpha value is -0.260. The summed E-state index contributed by atoms with van der Waals surface area (Å²) < 4.78 is 23.0. The lowest BCUT2D eigenvalue weighted by atomic mass is 10.1. The number of anilines is 1. The molecule has 0 saturated carbocycles. The van der Waals surface area contributed by atoms with Gasteiger partial charge in [-0.25, -0.2) is 8.42 Å². The highest BCUT2D eigenvalue weighted by molar-refractivity contribution is 9.10. The summed E-state index contributed by atoms with van der Waals surface area (Å²) >= 11 is 3.51. The van der Waals surface area contributed by atoms with Crippen molar-refractivity contribution in [2.24, 2.45) is 0 Å². The average Bonchev–Trinajstić information content (AvgIpc) is 2.28. The summed E-state index contributed by atoms with van der Waals surface area (Å²) in [6.45, 7) is 2.12. The van der Waals surface area contributed by atoms with Crippen molar-refractivity contribution in [3.05, 3.63) is 28.2 Å². The zero-order valence-electron chi connectivity index (χ0n) is 9.90. The van der Waals surface area contributed by atoms with Gasteiger partial charge in [-0.05, 0) is 52.9 Å². The first-order valence-electron chi connectivity index (χ1n) is 5.91. The molecule has 1 fully saturated rings. The molecule has 1 aromatic rings. The fraction of sp³-hybridized carbons (Fsp3) is 0.500. The van der Waals surface area contributed by atoms with E-state index in [1.807, 2.05) is 18.2 Å². The molecule has 0 N–H and O–H groups in total. The SMILES string of the molecule is O=S(=O)(Cl)Cc1ccc(N2CCCCC2)c(Br)c1. The number of hydrogen-bond acceptors (Lipinski definition) is 3. The van der Waals surface area contributed by atoms with Crippen LogP contribution in [0, 0.1) is 0 Å². The maximum Gasteiger partial charge on any atom is 0.236 e. The Bertz CT molecular complexity index is 527. The molecule has 18 heavy (non-hydrogen) atoms. The summed E-state index contributed by atoms with van der Waals surface area (Å²) in [5.74, 6) is -0.132. The second kappa shape index (κ2) is 5.80. The molecule has 0 unspecified atom stereocenters. The van der Waals surface area contributed by atoms with Gasteiger partial charge in [0.1, 0.15) is 0 Å². The molecule has 0 amide bonds. The monoisotopic (exact) mass is 351 g/mol. The summed E-state index contributed by atoms with van der Waals surface area (Å²) in [5, 5.41) is 0. The van der Waals surface area contributed by atoms with Gasteiger partial charge in [0.15, 0.2) is 0 Å². The number of halogens is 2. The van der Waals surface area contributed by atoms with Gasteiger partial charge in [-0.3, -0.25) is 0 Å². The molecular weight excluding hydrogens is 338 g/mol. The standard InChI is InChI=1S/C12H15BrClNO2S/c13-11-8-10(9-18(14,16)17)4-5-12(11)15-6-2-1-3-7-15/h4-5,8H,1-3,6-7,9H2. The van der Waals surface area contributed by atoms with E-state index < -0.39 is 9.05 Å². The van der Waals surface area contributed by atoms with Crippen molar-refractivity contribution in [2.75, 3.05) is 18.0 Å². The van der Waals surface area contributed by atoms with E-state index in [2.05, 4.69) is 20.8 Å². The number of piperidine rings is 1. The first-order valence-corrected chi connectivity index (χ1v) is 9.18. The molecular formula is C12H15BrClNO2S. The van der Waals surface area contributed by atoms with Gasteiger partial charge < -0.3 is 4.90 Å². The third-order valence-electron chi connectivity index (χ3n) is 3.05. The van der Waals surface area contributed by atoms with Gasteiger partial charge >= 0.3 is 0 Å². The van der Waals surface area contributed by atoms with Crippen molar-refractivity contribution in [1.82, 2.24) is 0 Å². The predicted molar refractivity (Wildman–Crippen MR) is 78.7 cm³/mol. The summed E-state index contributed by atoms with van der Waals surface area (Å²) in [7, 11) is 1.76. The zero-order chi connectivity index (χ0) is 13.2. The van der Waals surface area contributed by atoms with Gasteiger partial charge in [0.05, 0.1) is 11.4 Å². The van der Waals surface area contributed by atoms with Crippen LogP contribution >= 0.6 is 26.6 Å². The number of benzene rings is 1. The van der Waals surface area contributed by atoms with E-state index in [1.54, 1.807) is 0 Å². The van der Waals surface area contributed by atoms with Crippen molar-refractivity contribution in [2.45, 2.75) is 25.0 Å². The minimum Gasteiger partial charge on any atom is -0.371 e. The largest absolute Gasteiger partial charge is 0.371 e.